The van der Waals surface area contributed by atoms with Gasteiger partial charge in [0.2, 0.25) is 11.7 Å². The monoisotopic (exact) mass is 314 g/mol. The van der Waals surface area contributed by atoms with E-state index in [1.165, 1.54) is 0 Å². The van der Waals surface area contributed by atoms with Gasteiger partial charge in [-0.2, -0.15) is 43.9 Å². The van der Waals surface area contributed by atoms with Crippen molar-refractivity contribution in [3.05, 3.63) is 11.7 Å². The molecule has 0 aliphatic carbocycles. The lowest BCUT2D eigenvalue weighted by molar-refractivity contribution is -0.304. The van der Waals surface area contributed by atoms with Gasteiger partial charge in [-0.05, 0) is 0 Å². The third-order valence-electron chi connectivity index (χ3n) is 1.74. The second-order valence-corrected chi connectivity index (χ2v) is 3.11. The van der Waals surface area contributed by atoms with Crippen LogP contribution < -0.4 is 0 Å². The summed E-state index contributed by atoms with van der Waals surface area (Å²) in [5.41, 5.74) is 0. The average Bonchev–Trinajstić information content (AvgIpc) is 2.24. The van der Waals surface area contributed by atoms with E-state index in [2.05, 4.69) is 0 Å². The summed E-state index contributed by atoms with van der Waals surface area (Å²) in [7, 11) is 0. The van der Waals surface area contributed by atoms with Gasteiger partial charge >= 0.3 is 23.9 Å². The summed E-state index contributed by atoms with van der Waals surface area (Å²) in [4.78, 5) is 0. The molecular weight excluding hydrogens is 312 g/mol. The number of hydrogen-bond donors (Lipinski definition) is 0. The van der Waals surface area contributed by atoms with Crippen LogP contribution in [0.3, 0.4) is 0 Å². The number of rotatable bonds is 4. The molecule has 0 aliphatic rings. The number of hydrogen-bond acceptors (Lipinski definition) is 0. The Bertz CT molecular complexity index is 361. The van der Waals surface area contributed by atoms with Crippen LogP contribution in [-0.2, 0) is 0 Å². The number of alkyl halides is 10. The lowest BCUT2D eigenvalue weighted by Gasteiger charge is -2.30. The van der Waals surface area contributed by atoms with E-state index in [4.69, 9.17) is 0 Å². The maximum absolute atomic E-state index is 12.5. The molecule has 0 fully saturated rings. The van der Waals surface area contributed by atoms with Gasteiger partial charge in [0.1, 0.15) is 0 Å². The van der Waals surface area contributed by atoms with Crippen LogP contribution in [0.1, 0.15) is 0 Å². The maximum atomic E-state index is 12.5. The predicted molar refractivity (Wildman–Crippen MR) is 36.1 cm³/mol. The van der Waals surface area contributed by atoms with Crippen molar-refractivity contribution in [3.8, 4) is 0 Å². The third-order valence-corrected chi connectivity index (χ3v) is 1.74. The Labute approximate surface area is 96.2 Å². The Morgan fingerprint density at radius 1 is 0.684 bits per heavy atom. The van der Waals surface area contributed by atoms with Gasteiger partial charge in [-0.1, -0.05) is 0 Å². The molecule has 0 aromatic carbocycles. The molecule has 12 heteroatoms. The van der Waals surface area contributed by atoms with E-state index < -0.39 is 42.3 Å². The molecule has 19 heavy (non-hydrogen) atoms. The van der Waals surface area contributed by atoms with E-state index in [1.54, 1.807) is 0 Å². The zero-order valence-electron chi connectivity index (χ0n) is 8.24. The van der Waals surface area contributed by atoms with Crippen LogP contribution in [0, 0.1) is 0 Å². The molecule has 0 aromatic heterocycles. The quantitative estimate of drug-likeness (QED) is 0.667. The maximum Gasteiger partial charge on any atom is 0.445 e. The molecule has 0 nitrogen and oxygen atoms in total. The van der Waals surface area contributed by atoms with Crippen molar-refractivity contribution in [2.45, 2.75) is 23.9 Å². The van der Waals surface area contributed by atoms with Crippen LogP contribution in [0.4, 0.5) is 52.7 Å². The van der Waals surface area contributed by atoms with E-state index in [0.29, 0.717) is 0 Å². The first kappa shape index (κ1) is 17.9. The van der Waals surface area contributed by atoms with E-state index >= 15 is 0 Å². The molecule has 0 heterocycles. The molecule has 0 saturated heterocycles. The van der Waals surface area contributed by atoms with Crippen molar-refractivity contribution >= 4 is 0 Å². The minimum absolute atomic E-state index is 3.42. The minimum atomic E-state index is -6.90. The van der Waals surface area contributed by atoms with Crippen molar-refractivity contribution in [1.29, 1.82) is 0 Å². The second kappa shape index (κ2) is 4.78. The van der Waals surface area contributed by atoms with Crippen LogP contribution >= 0.6 is 0 Å². The molecule has 0 atom stereocenters. The Kier molecular flexibility index (Phi) is 4.50. The van der Waals surface area contributed by atoms with Crippen LogP contribution in [0.5, 0.6) is 0 Å². The highest BCUT2D eigenvalue weighted by molar-refractivity contribution is 5.19. The van der Waals surface area contributed by atoms with E-state index in [9.17, 15) is 52.7 Å². The van der Waals surface area contributed by atoms with Crippen molar-refractivity contribution < 1.29 is 52.7 Å². The van der Waals surface area contributed by atoms with Gasteiger partial charge in [0.15, 0.2) is 6.67 Å². The Morgan fingerprint density at radius 3 is 1.32 bits per heavy atom. The minimum Gasteiger partial charge on any atom is -0.244 e. The van der Waals surface area contributed by atoms with Gasteiger partial charge in [-0.3, -0.25) is 0 Å². The fraction of sp³-hybridized carbons (Fsp3) is 0.714. The van der Waals surface area contributed by atoms with Crippen molar-refractivity contribution in [2.24, 2.45) is 0 Å². The van der Waals surface area contributed by atoms with Crippen molar-refractivity contribution in [2.75, 3.05) is 6.67 Å². The fourth-order valence-corrected chi connectivity index (χ4v) is 0.714. The summed E-state index contributed by atoms with van der Waals surface area (Å²) in [5, 5.41) is 0. The molecule has 0 amide bonds. The lowest BCUT2D eigenvalue weighted by atomic mass is 10.0. The van der Waals surface area contributed by atoms with Crippen LogP contribution in [0.15, 0.2) is 11.7 Å². The molecule has 0 rings (SSSR count). The van der Waals surface area contributed by atoms with E-state index in [-0.39, 0.29) is 0 Å². The van der Waals surface area contributed by atoms with Crippen molar-refractivity contribution in [1.82, 2.24) is 0 Å². The SMILES string of the molecule is FCC(F)(F)C(F)(F)C(F)(F)C(F)=C(F)C(F)(F)F. The van der Waals surface area contributed by atoms with Crippen LogP contribution in [-0.4, -0.2) is 30.6 Å². The lowest BCUT2D eigenvalue weighted by Crippen LogP contribution is -2.56. The zero-order valence-corrected chi connectivity index (χ0v) is 8.24. The molecule has 0 radical (unpaired) electrons. The van der Waals surface area contributed by atoms with Crippen LogP contribution in [0.2, 0.25) is 0 Å². The second-order valence-electron chi connectivity index (χ2n) is 3.11. The summed E-state index contributed by atoms with van der Waals surface area (Å²) in [5.74, 6) is -28.8. The summed E-state index contributed by atoms with van der Waals surface area (Å²) >= 11 is 0. The Hall–Kier alpha value is -1.10. The molecule has 0 saturated carbocycles. The molecule has 0 spiro atoms. The highest BCUT2D eigenvalue weighted by atomic mass is 19.4. The molecule has 0 unspecified atom stereocenters. The highest BCUT2D eigenvalue weighted by Gasteiger charge is 2.75. The fourth-order valence-electron chi connectivity index (χ4n) is 0.714. The van der Waals surface area contributed by atoms with Crippen LogP contribution in [0.25, 0.3) is 0 Å². The largest absolute Gasteiger partial charge is 0.445 e. The molecule has 0 bridgehead atoms. The van der Waals surface area contributed by atoms with E-state index in [1.807, 2.05) is 0 Å². The number of allylic oxidation sites excluding steroid dienone is 2. The summed E-state index contributed by atoms with van der Waals surface area (Å²) in [6.45, 7) is -3.42. The molecule has 0 aromatic rings. The third kappa shape index (κ3) is 2.91. The van der Waals surface area contributed by atoms with Gasteiger partial charge in [0.25, 0.3) is 0 Å². The molecule has 114 valence electrons. The Balaban J connectivity index is 5.89. The van der Waals surface area contributed by atoms with Gasteiger partial charge in [0.05, 0.1) is 0 Å². The van der Waals surface area contributed by atoms with Gasteiger partial charge < -0.3 is 0 Å². The first-order valence-electron chi connectivity index (χ1n) is 3.95. The highest BCUT2D eigenvalue weighted by Crippen LogP contribution is 2.51. The zero-order chi connectivity index (χ0) is 15.9. The van der Waals surface area contributed by atoms with Crippen molar-refractivity contribution in [3.63, 3.8) is 0 Å². The Morgan fingerprint density at radius 2 is 1.05 bits per heavy atom. The van der Waals surface area contributed by atoms with E-state index in [0.717, 1.165) is 0 Å². The normalized spacial score (nSPS) is 16.4. The summed E-state index contributed by atoms with van der Waals surface area (Å²) < 4.78 is 144. The van der Waals surface area contributed by atoms with Gasteiger partial charge in [-0.25, -0.2) is 8.78 Å². The smallest absolute Gasteiger partial charge is 0.244 e. The summed E-state index contributed by atoms with van der Waals surface area (Å²) in [6.07, 6.45) is -6.44. The predicted octanol–water partition coefficient (Wildman–Crippen LogP) is 4.57. The summed E-state index contributed by atoms with van der Waals surface area (Å²) in [6, 6.07) is 0. The standard InChI is InChI=1S/C7H2F12/c8-1-4(11,12)7(18,19)5(13,14)2(9)3(10)6(15,16)17/h1H2. The molecular formula is C7H2F12. The number of halogens is 12. The first-order chi connectivity index (χ1) is 8.13. The van der Waals surface area contributed by atoms with Gasteiger partial charge in [-0.15, -0.1) is 0 Å². The average molecular weight is 314 g/mol. The first-order valence-corrected chi connectivity index (χ1v) is 3.95. The molecule has 0 aliphatic heterocycles. The van der Waals surface area contributed by atoms with Gasteiger partial charge in [0, 0.05) is 0 Å². The molecule has 0 N–H and O–H groups in total. The topological polar surface area (TPSA) is 0 Å².